The number of ether oxygens (including phenoxy) is 3. The van der Waals surface area contributed by atoms with Gasteiger partial charge >= 0.3 is 24.8 Å². The van der Waals surface area contributed by atoms with E-state index in [0.717, 1.165) is 11.4 Å². The molecular formula is C25H29F2LiN2O6. The second kappa shape index (κ2) is 13.6. The molecule has 2 aliphatic heterocycles. The van der Waals surface area contributed by atoms with Crippen LogP contribution in [0.15, 0.2) is 48.5 Å². The fraction of sp³-hybridized carbons (Fsp3) is 0.440. The zero-order valence-electron chi connectivity index (χ0n) is 20.9. The number of rotatable bonds is 8. The van der Waals surface area contributed by atoms with E-state index in [1.807, 2.05) is 34.1 Å². The topological polar surface area (TPSA) is 91.4 Å². The van der Waals surface area contributed by atoms with Crippen molar-refractivity contribution in [2.45, 2.75) is 24.6 Å². The number of carboxylic acids is 1. The molecule has 0 aromatic heterocycles. The number of nitrogens with zero attached hydrogens (tertiary/aromatic N) is 2. The van der Waals surface area contributed by atoms with Gasteiger partial charge < -0.3 is 33.9 Å². The number of benzene rings is 2. The summed E-state index contributed by atoms with van der Waals surface area (Å²) in [4.78, 5) is 26.1. The number of aliphatic carboxylic acids is 1. The molecule has 2 aromatic carbocycles. The van der Waals surface area contributed by atoms with Gasteiger partial charge in [-0.1, -0.05) is 24.3 Å². The first-order chi connectivity index (χ1) is 16.8. The summed E-state index contributed by atoms with van der Waals surface area (Å²) in [6.45, 7) is 1.51. The van der Waals surface area contributed by atoms with Gasteiger partial charge in [0.05, 0.1) is 39.3 Å². The van der Waals surface area contributed by atoms with Crippen LogP contribution in [0.1, 0.15) is 23.3 Å². The molecule has 2 aliphatic rings. The van der Waals surface area contributed by atoms with Gasteiger partial charge in [0.25, 0.3) is 0 Å². The van der Waals surface area contributed by atoms with E-state index >= 15 is 0 Å². The van der Waals surface area contributed by atoms with Gasteiger partial charge in [-0.25, -0.2) is 13.6 Å². The van der Waals surface area contributed by atoms with Crippen LogP contribution in [0.4, 0.5) is 20.2 Å². The molecule has 2 heterocycles. The van der Waals surface area contributed by atoms with Crippen molar-refractivity contribution in [3.05, 3.63) is 59.7 Å². The van der Waals surface area contributed by atoms with Crippen LogP contribution in [-0.4, -0.2) is 71.8 Å². The minimum absolute atomic E-state index is 0. The average Bonchev–Trinajstić information content (AvgIpc) is 2.81. The van der Waals surface area contributed by atoms with Crippen LogP contribution in [0.2, 0.25) is 0 Å². The maximum atomic E-state index is 12.8. The molecule has 2 aromatic rings. The first kappa shape index (κ1) is 29.6. The molecule has 0 saturated carbocycles. The fourth-order valence-electron chi connectivity index (χ4n) is 3.88. The number of carbonyl (C=O) groups excluding carboxylic acids is 2. The maximum Gasteiger partial charge on any atom is 1.00 e. The number of esters is 1. The summed E-state index contributed by atoms with van der Waals surface area (Å²) >= 11 is 0. The maximum absolute atomic E-state index is 12.8. The SMILES string of the molecule is COC(=O)C(OC)c1cccc(N2CC(F)C2)c1.COC(C(=O)[O-])c1cccc(N2CC(F)C2)c1.[Li+]. The van der Waals surface area contributed by atoms with E-state index < -0.39 is 36.5 Å². The molecule has 8 nitrogen and oxygen atoms in total. The number of hydrogen-bond acceptors (Lipinski definition) is 8. The molecule has 0 aliphatic carbocycles. The minimum Gasteiger partial charge on any atom is -0.547 e. The van der Waals surface area contributed by atoms with E-state index in [1.54, 1.807) is 24.3 Å². The van der Waals surface area contributed by atoms with Crippen molar-refractivity contribution in [2.75, 3.05) is 57.3 Å². The first-order valence-corrected chi connectivity index (χ1v) is 11.1. The Hall–Kier alpha value is -2.64. The van der Waals surface area contributed by atoms with Gasteiger partial charge in [0.15, 0.2) is 6.10 Å². The van der Waals surface area contributed by atoms with Gasteiger partial charge in [0, 0.05) is 25.6 Å². The largest absolute Gasteiger partial charge is 1.00 e. The zero-order chi connectivity index (χ0) is 25.5. The van der Waals surface area contributed by atoms with E-state index in [2.05, 4.69) is 4.74 Å². The van der Waals surface area contributed by atoms with Crippen LogP contribution in [0.3, 0.4) is 0 Å². The van der Waals surface area contributed by atoms with Crippen molar-refractivity contribution in [1.29, 1.82) is 0 Å². The Morgan fingerprint density at radius 2 is 1.25 bits per heavy atom. The Bertz CT molecular complexity index is 1020. The quantitative estimate of drug-likeness (QED) is 0.338. The van der Waals surface area contributed by atoms with Crippen LogP contribution >= 0.6 is 0 Å². The van der Waals surface area contributed by atoms with E-state index in [9.17, 15) is 23.5 Å². The van der Waals surface area contributed by atoms with E-state index in [4.69, 9.17) is 9.47 Å². The van der Waals surface area contributed by atoms with Gasteiger partial charge in [-0.3, -0.25) is 0 Å². The third kappa shape index (κ3) is 7.20. The molecular weight excluding hydrogens is 469 g/mol. The first-order valence-electron chi connectivity index (χ1n) is 11.1. The number of methoxy groups -OCH3 is 3. The Balaban J connectivity index is 0.000000247. The van der Waals surface area contributed by atoms with Gasteiger partial charge in [0.1, 0.15) is 18.4 Å². The molecule has 0 radical (unpaired) electrons. The third-order valence-electron chi connectivity index (χ3n) is 5.85. The number of anilines is 2. The van der Waals surface area contributed by atoms with Gasteiger partial charge in [-0.15, -0.1) is 0 Å². The Morgan fingerprint density at radius 1 is 0.833 bits per heavy atom. The summed E-state index contributed by atoms with van der Waals surface area (Å²) in [5.74, 6) is -1.72. The van der Waals surface area contributed by atoms with Crippen molar-refractivity contribution >= 4 is 23.3 Å². The molecule has 0 N–H and O–H groups in total. The van der Waals surface area contributed by atoms with Crippen molar-refractivity contribution in [3.63, 3.8) is 0 Å². The molecule has 11 heteroatoms. The molecule has 0 bridgehead atoms. The molecule has 190 valence electrons. The van der Waals surface area contributed by atoms with E-state index in [0.29, 0.717) is 37.3 Å². The summed E-state index contributed by atoms with van der Waals surface area (Å²) in [5, 5.41) is 10.8. The minimum atomic E-state index is -1.28. The number of alkyl halides is 2. The van der Waals surface area contributed by atoms with Crippen LogP contribution in [0, 0.1) is 0 Å². The molecule has 36 heavy (non-hydrogen) atoms. The molecule has 0 spiro atoms. The number of halogens is 2. The molecule has 2 fully saturated rings. The van der Waals surface area contributed by atoms with Crippen LogP contribution in [0.5, 0.6) is 0 Å². The third-order valence-corrected chi connectivity index (χ3v) is 5.85. The molecule has 2 atom stereocenters. The Kier molecular flexibility index (Phi) is 11.2. The summed E-state index contributed by atoms with van der Waals surface area (Å²) < 4.78 is 40.2. The molecule has 2 unspecified atom stereocenters. The van der Waals surface area contributed by atoms with Crippen molar-refractivity contribution in [1.82, 2.24) is 0 Å². The van der Waals surface area contributed by atoms with Gasteiger partial charge in [0.2, 0.25) is 0 Å². The molecule has 0 amide bonds. The van der Waals surface area contributed by atoms with Crippen LogP contribution in [0.25, 0.3) is 0 Å². The predicted octanol–water partition coefficient (Wildman–Crippen LogP) is -1.01. The number of carbonyl (C=O) groups is 2. The summed E-state index contributed by atoms with van der Waals surface area (Å²) in [7, 11) is 4.09. The average molecular weight is 498 g/mol. The van der Waals surface area contributed by atoms with Crippen LogP contribution in [-0.2, 0) is 23.8 Å². The zero-order valence-corrected chi connectivity index (χ0v) is 20.9. The summed E-state index contributed by atoms with van der Waals surface area (Å²) in [6, 6.07) is 14.2. The number of carboxylic acid groups (broad SMARTS) is 1. The summed E-state index contributed by atoms with van der Waals surface area (Å²) in [6.07, 6.45) is -3.37. The fourth-order valence-corrected chi connectivity index (χ4v) is 3.88. The Labute approximate surface area is 221 Å². The predicted molar refractivity (Wildman–Crippen MR) is 124 cm³/mol. The van der Waals surface area contributed by atoms with E-state index in [-0.39, 0.29) is 18.9 Å². The second-order valence-corrected chi connectivity index (χ2v) is 8.27. The molecule has 4 rings (SSSR count). The standard InChI is InChI=1S/C13H16FNO3.C12H14FNO3.Li/c1-17-12(13(16)18-2)9-4-3-5-11(6-9)15-7-10(14)8-15;1-17-11(12(15)16)8-3-2-4-10(5-8)14-6-9(13)7-14;/h3-6,10,12H,7-8H2,1-2H3;2-5,9,11H,6-7H2,1H3,(H,15,16);/q;;+1/p-1. The Morgan fingerprint density at radius 3 is 1.58 bits per heavy atom. The van der Waals surface area contributed by atoms with Crippen molar-refractivity contribution < 1.29 is 56.5 Å². The van der Waals surface area contributed by atoms with Crippen LogP contribution < -0.4 is 33.8 Å². The smallest absolute Gasteiger partial charge is 0.547 e. The normalized spacial score (nSPS) is 16.9. The van der Waals surface area contributed by atoms with Crippen molar-refractivity contribution in [3.8, 4) is 0 Å². The van der Waals surface area contributed by atoms with Gasteiger partial charge in [-0.05, 0) is 35.4 Å². The van der Waals surface area contributed by atoms with E-state index in [1.165, 1.54) is 21.3 Å². The summed E-state index contributed by atoms with van der Waals surface area (Å²) in [5.41, 5.74) is 2.92. The molecule has 2 saturated heterocycles. The van der Waals surface area contributed by atoms with Gasteiger partial charge in [-0.2, -0.15) is 0 Å². The second-order valence-electron chi connectivity index (χ2n) is 8.27. The van der Waals surface area contributed by atoms with Crippen molar-refractivity contribution in [2.24, 2.45) is 0 Å². The monoisotopic (exact) mass is 498 g/mol. The number of hydrogen-bond donors (Lipinski definition) is 0.